The Morgan fingerprint density at radius 2 is 1.65 bits per heavy atom. The molecule has 0 aliphatic carbocycles. The number of piperazine rings is 1. The van der Waals surface area contributed by atoms with Crippen molar-refractivity contribution in [1.82, 2.24) is 9.21 Å². The maximum atomic E-state index is 13.1. The maximum absolute atomic E-state index is 13.1. The summed E-state index contributed by atoms with van der Waals surface area (Å²) in [4.78, 5) is 14.2. The zero-order chi connectivity index (χ0) is 22.6. The maximum Gasteiger partial charge on any atom is 0.247 e. The fraction of sp³-hybridized carbons (Fsp3) is 0.286. The summed E-state index contributed by atoms with van der Waals surface area (Å²) in [5, 5.41) is 0.888. The van der Waals surface area contributed by atoms with E-state index in [4.69, 9.17) is 32.7 Å². The molecule has 1 saturated heterocycles. The quantitative estimate of drug-likeness (QED) is 0.585. The van der Waals surface area contributed by atoms with Crippen molar-refractivity contribution in [3.63, 3.8) is 0 Å². The molecule has 10 heteroatoms. The Labute approximate surface area is 191 Å². The van der Waals surface area contributed by atoms with Crippen LogP contribution in [0.15, 0.2) is 47.4 Å². The Balaban J connectivity index is 1.70. The van der Waals surface area contributed by atoms with Gasteiger partial charge in [-0.15, -0.1) is 0 Å². The van der Waals surface area contributed by atoms with Gasteiger partial charge in [-0.3, -0.25) is 4.79 Å². The lowest BCUT2D eigenvalue weighted by molar-refractivity contribution is -0.127. The summed E-state index contributed by atoms with van der Waals surface area (Å²) < 4.78 is 38.0. The van der Waals surface area contributed by atoms with Crippen molar-refractivity contribution >= 4 is 45.2 Å². The van der Waals surface area contributed by atoms with Crippen LogP contribution in [-0.2, 0) is 14.8 Å². The molecular formula is C21H22Cl2N2O5S. The number of carbonyl (C=O) groups excluding carboxylic acids is 1. The third-order valence-electron chi connectivity index (χ3n) is 4.93. The minimum Gasteiger partial charge on any atom is -0.497 e. The number of rotatable bonds is 6. The van der Waals surface area contributed by atoms with Crippen molar-refractivity contribution in [3.8, 4) is 11.5 Å². The van der Waals surface area contributed by atoms with Gasteiger partial charge in [0, 0.05) is 53.9 Å². The molecule has 0 N–H and O–H groups in total. The number of methoxy groups -OCH3 is 2. The molecule has 0 unspecified atom stereocenters. The number of sulfonamides is 1. The topological polar surface area (TPSA) is 76.2 Å². The molecule has 0 spiro atoms. The van der Waals surface area contributed by atoms with Gasteiger partial charge in [-0.05, 0) is 30.3 Å². The third-order valence-corrected chi connectivity index (χ3v) is 7.51. The van der Waals surface area contributed by atoms with E-state index in [1.165, 1.54) is 30.7 Å². The van der Waals surface area contributed by atoms with Gasteiger partial charge in [-0.2, -0.15) is 4.31 Å². The molecule has 1 heterocycles. The van der Waals surface area contributed by atoms with Gasteiger partial charge in [-0.1, -0.05) is 29.3 Å². The molecule has 1 aliphatic rings. The molecule has 0 aromatic heterocycles. The van der Waals surface area contributed by atoms with E-state index in [9.17, 15) is 13.2 Å². The number of carbonyl (C=O) groups is 1. The standard InChI is InChI=1S/C21H22Cl2N2O5S/c1-29-15-6-8-19(30-2)20(14-15)31(27,28)25-12-10-24(11-13-25)21(26)9-7-16-17(22)4-3-5-18(16)23/h3-9,14H,10-13H2,1-2H3/b9-7+. The molecule has 1 aliphatic heterocycles. The van der Waals surface area contributed by atoms with Crippen molar-refractivity contribution in [2.75, 3.05) is 40.4 Å². The fourth-order valence-corrected chi connectivity index (χ4v) is 5.32. The van der Waals surface area contributed by atoms with Crippen LogP contribution in [0.4, 0.5) is 0 Å². The number of benzene rings is 2. The first-order valence-electron chi connectivity index (χ1n) is 9.41. The van der Waals surface area contributed by atoms with Crippen LogP contribution in [0.1, 0.15) is 5.56 Å². The normalized spacial score (nSPS) is 15.3. The van der Waals surface area contributed by atoms with Crippen LogP contribution in [-0.4, -0.2) is 63.9 Å². The zero-order valence-corrected chi connectivity index (χ0v) is 19.4. The SMILES string of the molecule is COc1ccc(OC)c(S(=O)(=O)N2CCN(C(=O)/C=C/c3c(Cl)cccc3Cl)CC2)c1. The van der Waals surface area contributed by atoms with Gasteiger partial charge in [0.1, 0.15) is 16.4 Å². The lowest BCUT2D eigenvalue weighted by Gasteiger charge is -2.33. The van der Waals surface area contributed by atoms with Crippen molar-refractivity contribution in [2.45, 2.75) is 4.90 Å². The van der Waals surface area contributed by atoms with Crippen LogP contribution >= 0.6 is 23.2 Å². The van der Waals surface area contributed by atoms with Gasteiger partial charge < -0.3 is 14.4 Å². The monoisotopic (exact) mass is 484 g/mol. The smallest absolute Gasteiger partial charge is 0.247 e. The Bertz CT molecular complexity index is 1080. The minimum atomic E-state index is -3.82. The summed E-state index contributed by atoms with van der Waals surface area (Å²) in [6, 6.07) is 9.72. The molecular weight excluding hydrogens is 463 g/mol. The summed E-state index contributed by atoms with van der Waals surface area (Å²) in [5.74, 6) is 0.405. The van der Waals surface area contributed by atoms with E-state index in [1.54, 1.807) is 41.3 Å². The Hall–Kier alpha value is -2.26. The molecule has 166 valence electrons. The molecule has 3 rings (SSSR count). The molecule has 0 atom stereocenters. The number of halogens is 2. The molecule has 1 fully saturated rings. The first kappa shape index (κ1) is 23.4. The van der Waals surface area contributed by atoms with Crippen molar-refractivity contribution in [2.24, 2.45) is 0 Å². The average Bonchev–Trinajstić information content (AvgIpc) is 2.78. The highest BCUT2D eigenvalue weighted by molar-refractivity contribution is 7.89. The second kappa shape index (κ2) is 9.91. The van der Waals surface area contributed by atoms with Gasteiger partial charge in [0.25, 0.3) is 0 Å². The minimum absolute atomic E-state index is 0.0300. The van der Waals surface area contributed by atoms with Gasteiger partial charge >= 0.3 is 0 Å². The predicted molar refractivity (Wildman–Crippen MR) is 120 cm³/mol. The Morgan fingerprint density at radius 3 is 2.23 bits per heavy atom. The fourth-order valence-electron chi connectivity index (χ4n) is 3.20. The van der Waals surface area contributed by atoms with Crippen molar-refractivity contribution < 1.29 is 22.7 Å². The molecule has 0 radical (unpaired) electrons. The van der Waals surface area contributed by atoms with Gasteiger partial charge in [0.15, 0.2) is 0 Å². The van der Waals surface area contributed by atoms with E-state index >= 15 is 0 Å². The molecule has 0 bridgehead atoms. The second-order valence-corrected chi connectivity index (χ2v) is 9.44. The van der Waals surface area contributed by atoms with Crippen molar-refractivity contribution in [3.05, 3.63) is 58.1 Å². The molecule has 7 nitrogen and oxygen atoms in total. The highest BCUT2D eigenvalue weighted by Crippen LogP contribution is 2.31. The summed E-state index contributed by atoms with van der Waals surface area (Å²) in [6.45, 7) is 0.833. The third kappa shape index (κ3) is 5.15. The second-order valence-electron chi connectivity index (χ2n) is 6.71. The zero-order valence-electron chi connectivity index (χ0n) is 17.0. The highest BCUT2D eigenvalue weighted by atomic mass is 35.5. The van der Waals surface area contributed by atoms with Crippen molar-refractivity contribution in [1.29, 1.82) is 0 Å². The van der Waals surface area contributed by atoms with Crippen LogP contribution in [0.3, 0.4) is 0 Å². The van der Waals surface area contributed by atoms with E-state index in [2.05, 4.69) is 0 Å². The first-order valence-corrected chi connectivity index (χ1v) is 11.6. The molecule has 1 amide bonds. The first-order chi connectivity index (χ1) is 14.8. The Kier molecular flexibility index (Phi) is 7.48. The van der Waals surface area contributed by atoms with E-state index in [0.717, 1.165) is 0 Å². The van der Waals surface area contributed by atoms with E-state index < -0.39 is 10.0 Å². The molecule has 0 saturated carbocycles. The number of ether oxygens (including phenoxy) is 2. The largest absolute Gasteiger partial charge is 0.497 e. The molecule has 2 aromatic rings. The lowest BCUT2D eigenvalue weighted by atomic mass is 10.2. The van der Waals surface area contributed by atoms with Crippen LogP contribution in [0.25, 0.3) is 6.08 Å². The Morgan fingerprint density at radius 1 is 1.00 bits per heavy atom. The van der Waals surface area contributed by atoms with Gasteiger partial charge in [-0.25, -0.2) is 8.42 Å². The number of hydrogen-bond donors (Lipinski definition) is 0. The van der Waals surface area contributed by atoms with Crippen LogP contribution in [0.2, 0.25) is 10.0 Å². The number of amides is 1. The van der Waals surface area contributed by atoms with E-state index in [1.807, 2.05) is 0 Å². The van der Waals surface area contributed by atoms with Crippen LogP contribution in [0, 0.1) is 0 Å². The molecule has 31 heavy (non-hydrogen) atoms. The highest BCUT2D eigenvalue weighted by Gasteiger charge is 2.32. The molecule has 2 aromatic carbocycles. The van der Waals surface area contributed by atoms with Crippen LogP contribution in [0.5, 0.6) is 11.5 Å². The number of nitrogens with zero attached hydrogens (tertiary/aromatic N) is 2. The summed E-state index contributed by atoms with van der Waals surface area (Å²) in [5.41, 5.74) is 0.561. The van der Waals surface area contributed by atoms with Gasteiger partial charge in [0.2, 0.25) is 15.9 Å². The summed E-state index contributed by atoms with van der Waals surface area (Å²) >= 11 is 12.2. The predicted octanol–water partition coefficient (Wildman–Crippen LogP) is 3.56. The van der Waals surface area contributed by atoms with E-state index in [0.29, 0.717) is 21.4 Å². The summed E-state index contributed by atoms with van der Waals surface area (Å²) in [6.07, 6.45) is 2.96. The summed E-state index contributed by atoms with van der Waals surface area (Å²) in [7, 11) is -0.940. The average molecular weight is 485 g/mol. The van der Waals surface area contributed by atoms with Crippen LogP contribution < -0.4 is 9.47 Å². The van der Waals surface area contributed by atoms with Gasteiger partial charge in [0.05, 0.1) is 14.2 Å². The van der Waals surface area contributed by atoms with E-state index in [-0.39, 0.29) is 42.7 Å². The lowest BCUT2D eigenvalue weighted by Crippen LogP contribution is -2.50. The number of hydrogen-bond acceptors (Lipinski definition) is 5.